The smallest absolute Gasteiger partial charge is 0.259 e. The van der Waals surface area contributed by atoms with E-state index in [-0.39, 0.29) is 23.2 Å². The van der Waals surface area contributed by atoms with Crippen molar-refractivity contribution in [1.29, 1.82) is 5.41 Å². The van der Waals surface area contributed by atoms with Crippen LogP contribution in [0.25, 0.3) is 0 Å². The first-order valence-electron chi connectivity index (χ1n) is 6.93. The summed E-state index contributed by atoms with van der Waals surface area (Å²) in [5, 5.41) is 8.23. The van der Waals surface area contributed by atoms with Crippen LogP contribution < -0.4 is 4.72 Å². The Morgan fingerprint density at radius 1 is 1.50 bits per heavy atom. The van der Waals surface area contributed by atoms with Gasteiger partial charge in [-0.2, -0.15) is 0 Å². The van der Waals surface area contributed by atoms with Crippen molar-refractivity contribution < 1.29 is 13.6 Å². The molecule has 1 fully saturated rings. The van der Waals surface area contributed by atoms with Crippen molar-refractivity contribution in [2.24, 2.45) is 0 Å². The van der Waals surface area contributed by atoms with E-state index in [9.17, 15) is 9.00 Å². The summed E-state index contributed by atoms with van der Waals surface area (Å²) in [4.78, 5) is 14.5. The molecule has 1 aliphatic rings. The number of hydrogen-bond acceptors (Lipinski definition) is 3. The highest BCUT2D eigenvalue weighted by atomic mass is 35.5. The summed E-state index contributed by atoms with van der Waals surface area (Å²) in [5.74, 6) is -0.285. The predicted octanol–water partition coefficient (Wildman–Crippen LogP) is 2.92. The maximum Gasteiger partial charge on any atom is 0.259 e. The minimum atomic E-state index is -2.28. The molecule has 0 aliphatic carbocycles. The molecule has 22 heavy (non-hydrogen) atoms. The minimum absolute atomic E-state index is 0.229. The van der Waals surface area contributed by atoms with Gasteiger partial charge in [-0.3, -0.25) is 14.1 Å². The zero-order valence-corrected chi connectivity index (χ0v) is 13.7. The summed E-state index contributed by atoms with van der Waals surface area (Å²) < 4.78 is 22.3. The van der Waals surface area contributed by atoms with Crippen molar-refractivity contribution in [3.63, 3.8) is 0 Å². The second-order valence-corrected chi connectivity index (χ2v) is 6.37. The number of benzene rings is 1. The van der Waals surface area contributed by atoms with E-state index in [1.54, 1.807) is 17.9 Å². The van der Waals surface area contributed by atoms with E-state index in [2.05, 4.69) is 4.72 Å². The van der Waals surface area contributed by atoms with Crippen molar-refractivity contribution in [1.82, 2.24) is 4.90 Å². The monoisotopic (exact) mass is 343 g/mol. The van der Waals surface area contributed by atoms with Crippen LogP contribution in [-0.4, -0.2) is 37.9 Å². The average molecular weight is 344 g/mol. The Kier molecular flexibility index (Phi) is 5.55. The van der Waals surface area contributed by atoms with Gasteiger partial charge in [0.1, 0.15) is 0 Å². The zero-order valence-electron chi connectivity index (χ0n) is 12.1. The maximum absolute atomic E-state index is 12.8. The number of likely N-dealkylation sites (tertiary alicyclic amines) is 1. The van der Waals surface area contributed by atoms with Crippen LogP contribution in [0.2, 0.25) is 5.02 Å². The van der Waals surface area contributed by atoms with Crippen molar-refractivity contribution in [3.05, 3.63) is 28.8 Å². The number of carbonyl (C=O) groups is 1. The highest BCUT2D eigenvalue weighted by molar-refractivity contribution is 7.80. The molecule has 0 spiro atoms. The molecule has 3 N–H and O–H groups in total. The summed E-state index contributed by atoms with van der Waals surface area (Å²) >= 11 is 3.68. The molecule has 0 bridgehead atoms. The van der Waals surface area contributed by atoms with E-state index in [0.29, 0.717) is 17.3 Å². The third-order valence-corrected chi connectivity index (χ3v) is 4.30. The van der Waals surface area contributed by atoms with Gasteiger partial charge in [0, 0.05) is 17.3 Å². The molecule has 6 nitrogen and oxygen atoms in total. The highest BCUT2D eigenvalue weighted by Gasteiger charge is 2.30. The van der Waals surface area contributed by atoms with Crippen LogP contribution in [0.5, 0.6) is 0 Å². The largest absolute Gasteiger partial charge is 0.330 e. The summed E-state index contributed by atoms with van der Waals surface area (Å²) in [6, 6.07) is 4.29. The quantitative estimate of drug-likeness (QED) is 0.579. The zero-order chi connectivity index (χ0) is 16.3. The molecule has 2 atom stereocenters. The van der Waals surface area contributed by atoms with Gasteiger partial charge in [0.15, 0.2) is 0 Å². The third kappa shape index (κ3) is 3.85. The number of nitrogens with zero attached hydrogens (tertiary/aromatic N) is 1. The summed E-state index contributed by atoms with van der Waals surface area (Å²) in [6.45, 7) is 2.25. The molecular formula is C14H18ClN3O3S. The van der Waals surface area contributed by atoms with Crippen LogP contribution in [-0.2, 0) is 11.3 Å². The molecule has 2 unspecified atom stereocenters. The molecule has 1 amide bonds. The van der Waals surface area contributed by atoms with Crippen LogP contribution in [0.15, 0.2) is 18.2 Å². The highest BCUT2D eigenvalue weighted by Crippen LogP contribution is 2.26. The lowest BCUT2D eigenvalue weighted by Crippen LogP contribution is -2.47. The fourth-order valence-corrected chi connectivity index (χ4v) is 3.19. The molecule has 1 aromatic rings. The lowest BCUT2D eigenvalue weighted by atomic mass is 9.97. The Bertz CT molecular complexity index is 623. The van der Waals surface area contributed by atoms with E-state index in [1.807, 2.05) is 0 Å². The summed E-state index contributed by atoms with van der Waals surface area (Å²) in [7, 11) is 0. The van der Waals surface area contributed by atoms with Gasteiger partial charge in [-0.15, -0.1) is 0 Å². The van der Waals surface area contributed by atoms with E-state index < -0.39 is 11.3 Å². The van der Waals surface area contributed by atoms with Crippen molar-refractivity contribution >= 4 is 40.2 Å². The molecule has 0 aromatic heterocycles. The van der Waals surface area contributed by atoms with Crippen molar-refractivity contribution in [2.45, 2.75) is 32.2 Å². The van der Waals surface area contributed by atoms with Gasteiger partial charge in [-0.25, -0.2) is 4.21 Å². The third-order valence-electron chi connectivity index (χ3n) is 3.67. The molecule has 1 saturated heterocycles. The summed E-state index contributed by atoms with van der Waals surface area (Å²) in [5.41, 5.74) is 0.931. The van der Waals surface area contributed by atoms with Gasteiger partial charge in [0.2, 0.25) is 0 Å². The molecule has 1 heterocycles. The SMILES string of the molecule is CC(=N)C1CCCCN1C(=O)c1cc(Cl)ccc1NS(=O)O. The Hall–Kier alpha value is -1.44. The first kappa shape index (κ1) is 16.9. The minimum Gasteiger partial charge on any atom is -0.330 e. The number of anilines is 1. The molecule has 1 aromatic carbocycles. The number of rotatable bonds is 4. The van der Waals surface area contributed by atoms with Gasteiger partial charge in [0.05, 0.1) is 17.3 Å². The van der Waals surface area contributed by atoms with Crippen molar-refractivity contribution in [3.8, 4) is 0 Å². The van der Waals surface area contributed by atoms with E-state index in [4.69, 9.17) is 21.6 Å². The molecule has 1 aliphatic heterocycles. The maximum atomic E-state index is 12.8. The second kappa shape index (κ2) is 7.21. The predicted molar refractivity (Wildman–Crippen MR) is 87.9 cm³/mol. The molecule has 120 valence electrons. The molecule has 8 heteroatoms. The molecule has 0 radical (unpaired) electrons. The first-order valence-corrected chi connectivity index (χ1v) is 8.41. The van der Waals surface area contributed by atoms with Gasteiger partial charge < -0.3 is 10.3 Å². The van der Waals surface area contributed by atoms with Gasteiger partial charge in [-0.1, -0.05) is 11.6 Å². The lowest BCUT2D eigenvalue weighted by molar-refractivity contribution is 0.0680. The van der Waals surface area contributed by atoms with Crippen LogP contribution in [0, 0.1) is 5.41 Å². The van der Waals surface area contributed by atoms with Crippen LogP contribution in [0.1, 0.15) is 36.5 Å². The number of piperidine rings is 1. The first-order chi connectivity index (χ1) is 10.4. The van der Waals surface area contributed by atoms with Crippen LogP contribution in [0.4, 0.5) is 5.69 Å². The topological polar surface area (TPSA) is 93.5 Å². The fraction of sp³-hybridized carbons (Fsp3) is 0.429. The number of hydrogen-bond donors (Lipinski definition) is 3. The van der Waals surface area contributed by atoms with Gasteiger partial charge in [0.25, 0.3) is 17.2 Å². The normalized spacial score (nSPS) is 19.6. The number of amides is 1. The molecular weight excluding hydrogens is 326 g/mol. The standard InChI is InChI=1S/C14H18ClN3O3S/c1-9(16)13-4-2-3-7-18(13)14(19)11-8-10(15)5-6-12(11)17-22(20)21/h5-6,8,13,16-17H,2-4,7H2,1H3,(H,20,21). The van der Waals surface area contributed by atoms with Gasteiger partial charge in [-0.05, 0) is 44.4 Å². The molecule has 0 saturated carbocycles. The average Bonchev–Trinajstić information content (AvgIpc) is 2.48. The van der Waals surface area contributed by atoms with Crippen molar-refractivity contribution in [2.75, 3.05) is 11.3 Å². The Labute approximate surface area is 136 Å². The number of halogens is 1. The fourth-order valence-electron chi connectivity index (χ4n) is 2.66. The van der Waals surface area contributed by atoms with E-state index >= 15 is 0 Å². The molecule has 2 rings (SSSR count). The Morgan fingerprint density at radius 2 is 2.23 bits per heavy atom. The van der Waals surface area contributed by atoms with Crippen LogP contribution >= 0.6 is 11.6 Å². The number of carbonyl (C=O) groups excluding carboxylic acids is 1. The summed E-state index contributed by atoms with van der Waals surface area (Å²) in [6.07, 6.45) is 2.62. The van der Waals surface area contributed by atoms with Crippen LogP contribution in [0.3, 0.4) is 0 Å². The lowest BCUT2D eigenvalue weighted by Gasteiger charge is -2.35. The Morgan fingerprint density at radius 3 is 2.86 bits per heavy atom. The number of nitrogens with one attached hydrogen (secondary N) is 2. The Balaban J connectivity index is 2.36. The van der Waals surface area contributed by atoms with E-state index in [1.165, 1.54) is 12.1 Å². The van der Waals surface area contributed by atoms with Gasteiger partial charge >= 0.3 is 0 Å². The second-order valence-electron chi connectivity index (χ2n) is 5.23. The van der Waals surface area contributed by atoms with E-state index in [0.717, 1.165) is 19.3 Å².